The summed E-state index contributed by atoms with van der Waals surface area (Å²) in [4.78, 5) is 14.0. The summed E-state index contributed by atoms with van der Waals surface area (Å²) >= 11 is 0. The van der Waals surface area contributed by atoms with E-state index in [2.05, 4.69) is 20.4 Å². The van der Waals surface area contributed by atoms with E-state index in [9.17, 15) is 9.90 Å². The predicted molar refractivity (Wildman–Crippen MR) is 79.7 cm³/mol. The third-order valence-corrected chi connectivity index (χ3v) is 4.85. The molecule has 2 N–H and O–H groups in total. The molecule has 6 heteroatoms. The minimum atomic E-state index is -0.938. The zero-order valence-electron chi connectivity index (χ0n) is 12.6. The first-order chi connectivity index (χ1) is 10.1. The number of carboxylic acid groups (broad SMARTS) is 1. The number of carbonyl (C=O) groups is 1. The van der Waals surface area contributed by atoms with Crippen molar-refractivity contribution in [2.45, 2.75) is 51.6 Å². The van der Waals surface area contributed by atoms with Crippen LogP contribution in [0.5, 0.6) is 0 Å². The lowest BCUT2D eigenvalue weighted by Crippen LogP contribution is -2.42. The Bertz CT molecular complexity index is 561. The highest BCUT2D eigenvalue weighted by Crippen LogP contribution is 2.30. The highest BCUT2D eigenvalue weighted by atomic mass is 16.4. The molecule has 2 unspecified atom stereocenters. The Balaban J connectivity index is 1.85. The number of nitrogens with one attached hydrogen (secondary N) is 1. The molecule has 3 rings (SSSR count). The van der Waals surface area contributed by atoms with Gasteiger partial charge in [0.25, 0.3) is 0 Å². The number of hydrogen-bond acceptors (Lipinski definition) is 5. The average molecular weight is 290 g/mol. The van der Waals surface area contributed by atoms with E-state index in [0.29, 0.717) is 23.1 Å². The minimum absolute atomic E-state index is 0.261. The van der Waals surface area contributed by atoms with Crippen LogP contribution in [0.2, 0.25) is 0 Å². The summed E-state index contributed by atoms with van der Waals surface area (Å²) in [5.74, 6) is -0.519. The van der Waals surface area contributed by atoms with Crippen molar-refractivity contribution in [3.63, 3.8) is 0 Å². The number of nitrogens with zero attached hydrogens (tertiary/aromatic N) is 3. The van der Waals surface area contributed by atoms with Gasteiger partial charge in [-0.3, -0.25) is 4.90 Å². The van der Waals surface area contributed by atoms with Gasteiger partial charge in [-0.25, -0.2) is 4.79 Å². The average Bonchev–Trinajstić information content (AvgIpc) is 2.86. The van der Waals surface area contributed by atoms with Gasteiger partial charge < -0.3 is 10.4 Å². The fourth-order valence-corrected chi connectivity index (χ4v) is 3.56. The molecule has 1 aromatic rings. The van der Waals surface area contributed by atoms with Crippen LogP contribution in [-0.4, -0.2) is 51.3 Å². The molecule has 0 saturated carbocycles. The Morgan fingerprint density at radius 2 is 2.05 bits per heavy atom. The zero-order chi connectivity index (χ0) is 15.0. The van der Waals surface area contributed by atoms with Crippen LogP contribution in [0.3, 0.4) is 0 Å². The molecule has 1 aromatic heterocycles. The molecule has 6 nitrogen and oxygen atoms in total. The molecule has 2 atom stereocenters. The van der Waals surface area contributed by atoms with Gasteiger partial charge in [-0.05, 0) is 45.2 Å². The van der Waals surface area contributed by atoms with Crippen LogP contribution in [0.15, 0.2) is 0 Å². The molecule has 2 fully saturated rings. The van der Waals surface area contributed by atoms with Crippen molar-refractivity contribution < 1.29 is 9.90 Å². The molecule has 0 radical (unpaired) electrons. The standard InChI is InChI=1S/C15H22N4O2/c1-9-10(2)17-18-14(13(9)15(20)21)16-11-6-8-19-7-4-3-5-12(11)19/h11-12H,3-8H2,1-2H3,(H,16,18)(H,20,21). The van der Waals surface area contributed by atoms with Gasteiger partial charge in [0.1, 0.15) is 5.56 Å². The number of aryl methyl sites for hydroxylation is 1. The molecule has 0 aliphatic carbocycles. The molecule has 114 valence electrons. The van der Waals surface area contributed by atoms with Gasteiger partial charge in [0, 0.05) is 18.6 Å². The maximum Gasteiger partial charge on any atom is 0.339 e. The second kappa shape index (κ2) is 5.60. The van der Waals surface area contributed by atoms with Crippen molar-refractivity contribution >= 4 is 11.8 Å². The van der Waals surface area contributed by atoms with Gasteiger partial charge in [-0.1, -0.05) is 6.42 Å². The van der Waals surface area contributed by atoms with Crippen LogP contribution in [0.25, 0.3) is 0 Å². The Morgan fingerprint density at radius 3 is 2.81 bits per heavy atom. The first-order valence-electron chi connectivity index (χ1n) is 7.65. The summed E-state index contributed by atoms with van der Waals surface area (Å²) < 4.78 is 0. The highest BCUT2D eigenvalue weighted by molar-refractivity contribution is 5.94. The van der Waals surface area contributed by atoms with Crippen molar-refractivity contribution in [3.8, 4) is 0 Å². The summed E-state index contributed by atoms with van der Waals surface area (Å²) in [6, 6.07) is 0.781. The Kier molecular flexibility index (Phi) is 3.80. The Labute approximate surface area is 124 Å². The quantitative estimate of drug-likeness (QED) is 0.884. The van der Waals surface area contributed by atoms with Crippen molar-refractivity contribution in [1.29, 1.82) is 0 Å². The van der Waals surface area contributed by atoms with Crippen LogP contribution in [-0.2, 0) is 0 Å². The molecule has 2 saturated heterocycles. The van der Waals surface area contributed by atoms with Crippen LogP contribution in [0.1, 0.15) is 47.3 Å². The van der Waals surface area contributed by atoms with Gasteiger partial charge in [0.15, 0.2) is 5.82 Å². The highest BCUT2D eigenvalue weighted by Gasteiger charge is 2.36. The van der Waals surface area contributed by atoms with Gasteiger partial charge in [-0.15, -0.1) is 5.10 Å². The lowest BCUT2D eigenvalue weighted by atomic mass is 9.98. The van der Waals surface area contributed by atoms with E-state index in [1.807, 2.05) is 0 Å². The molecule has 2 aliphatic rings. The summed E-state index contributed by atoms with van der Waals surface area (Å²) in [7, 11) is 0. The molecule has 2 aliphatic heterocycles. The second-order valence-electron chi connectivity index (χ2n) is 6.08. The van der Waals surface area contributed by atoms with Gasteiger partial charge in [0.2, 0.25) is 0 Å². The number of hydrogen-bond donors (Lipinski definition) is 2. The van der Waals surface area contributed by atoms with E-state index in [1.165, 1.54) is 19.3 Å². The SMILES string of the molecule is Cc1nnc(NC2CCN3CCCCC23)c(C(=O)O)c1C. The fourth-order valence-electron chi connectivity index (χ4n) is 3.56. The molecule has 0 aromatic carbocycles. The number of rotatable bonds is 3. The summed E-state index contributed by atoms with van der Waals surface area (Å²) in [6.07, 6.45) is 4.74. The van der Waals surface area contributed by atoms with Gasteiger partial charge in [-0.2, -0.15) is 5.10 Å². The maximum absolute atomic E-state index is 11.5. The third kappa shape index (κ3) is 2.60. The lowest BCUT2D eigenvalue weighted by Gasteiger charge is -2.32. The Hall–Kier alpha value is -1.69. The molecule has 3 heterocycles. The first-order valence-corrected chi connectivity index (χ1v) is 7.65. The summed E-state index contributed by atoms with van der Waals surface area (Å²) in [5, 5.41) is 21.0. The topological polar surface area (TPSA) is 78.4 Å². The second-order valence-corrected chi connectivity index (χ2v) is 6.08. The maximum atomic E-state index is 11.5. The van der Waals surface area contributed by atoms with Crippen LogP contribution < -0.4 is 5.32 Å². The lowest BCUT2D eigenvalue weighted by molar-refractivity contribution is 0.0696. The molecule has 0 bridgehead atoms. The smallest absolute Gasteiger partial charge is 0.339 e. The monoisotopic (exact) mass is 290 g/mol. The van der Waals surface area contributed by atoms with Crippen LogP contribution >= 0.6 is 0 Å². The number of fused-ring (bicyclic) bond motifs is 1. The van der Waals surface area contributed by atoms with Crippen LogP contribution in [0, 0.1) is 13.8 Å². The zero-order valence-corrected chi connectivity index (χ0v) is 12.6. The molecule has 21 heavy (non-hydrogen) atoms. The van der Waals surface area contributed by atoms with E-state index in [-0.39, 0.29) is 11.6 Å². The van der Waals surface area contributed by atoms with Gasteiger partial charge >= 0.3 is 5.97 Å². The van der Waals surface area contributed by atoms with E-state index in [4.69, 9.17) is 0 Å². The minimum Gasteiger partial charge on any atom is -0.478 e. The molecular weight excluding hydrogens is 268 g/mol. The van der Waals surface area contributed by atoms with Crippen molar-refractivity contribution in [3.05, 3.63) is 16.8 Å². The fraction of sp³-hybridized carbons (Fsp3) is 0.667. The van der Waals surface area contributed by atoms with E-state index < -0.39 is 5.97 Å². The van der Waals surface area contributed by atoms with Crippen molar-refractivity contribution in [2.24, 2.45) is 0 Å². The third-order valence-electron chi connectivity index (χ3n) is 4.85. The largest absolute Gasteiger partial charge is 0.478 e. The van der Waals surface area contributed by atoms with Crippen molar-refractivity contribution in [2.75, 3.05) is 18.4 Å². The summed E-state index contributed by atoms with van der Waals surface area (Å²) in [5.41, 5.74) is 1.62. The van der Waals surface area contributed by atoms with Crippen LogP contribution in [0.4, 0.5) is 5.82 Å². The predicted octanol–water partition coefficient (Wildman–Crippen LogP) is 1.83. The molecular formula is C15H22N4O2. The molecule has 0 spiro atoms. The van der Waals surface area contributed by atoms with Crippen molar-refractivity contribution in [1.82, 2.24) is 15.1 Å². The van der Waals surface area contributed by atoms with E-state index >= 15 is 0 Å². The molecule has 0 amide bonds. The first kappa shape index (κ1) is 14.3. The number of carboxylic acids is 1. The van der Waals surface area contributed by atoms with Gasteiger partial charge in [0.05, 0.1) is 5.69 Å². The number of anilines is 1. The number of aromatic nitrogens is 2. The number of piperidine rings is 1. The van der Waals surface area contributed by atoms with E-state index in [1.54, 1.807) is 13.8 Å². The Morgan fingerprint density at radius 1 is 1.24 bits per heavy atom. The normalized spacial score (nSPS) is 25.6. The summed E-state index contributed by atoms with van der Waals surface area (Å²) in [6.45, 7) is 5.83. The van der Waals surface area contributed by atoms with E-state index in [0.717, 1.165) is 19.5 Å². The number of aromatic carboxylic acids is 1.